The number of nitrogens with zero attached hydrogens (tertiary/aromatic N) is 2. The summed E-state index contributed by atoms with van der Waals surface area (Å²) in [7, 11) is -5.91. The third-order valence-electron chi connectivity index (χ3n) is 3.53. The molecule has 0 saturated carbocycles. The number of hydrogen-bond acceptors (Lipinski definition) is 5. The predicted octanol–water partition coefficient (Wildman–Crippen LogP) is 2.36. The average Bonchev–Trinajstić information content (AvgIpc) is 2.49. The van der Waals surface area contributed by atoms with Crippen molar-refractivity contribution in [1.29, 1.82) is 0 Å². The summed E-state index contributed by atoms with van der Waals surface area (Å²) in [5.41, 5.74) is -5.62. The minimum Gasteiger partial charge on any atom is -0.373 e. The van der Waals surface area contributed by atoms with E-state index >= 15 is 0 Å². The Hall–Kier alpha value is -1.81. The fourth-order valence-electron chi connectivity index (χ4n) is 2.33. The summed E-state index contributed by atoms with van der Waals surface area (Å²) in [4.78, 5) is 3.71. The van der Waals surface area contributed by atoms with Crippen molar-refractivity contribution < 1.29 is 30.2 Å². The number of halogens is 4. The second-order valence-corrected chi connectivity index (χ2v) is 6.69. The molecule has 0 aromatic heterocycles. The van der Waals surface area contributed by atoms with Gasteiger partial charge in [0.25, 0.3) is 0 Å². The van der Waals surface area contributed by atoms with Crippen LogP contribution in [0.3, 0.4) is 0 Å². The van der Waals surface area contributed by atoms with Crippen LogP contribution in [-0.2, 0) is 10.1 Å². The van der Waals surface area contributed by atoms with Gasteiger partial charge in [-0.2, -0.15) is 21.6 Å². The maximum absolute atomic E-state index is 14.4. The van der Waals surface area contributed by atoms with E-state index in [1.165, 1.54) is 12.1 Å². The monoisotopic (exact) mass is 368 g/mol. The molecule has 0 radical (unpaired) electrons. The molecular weight excluding hydrogens is 352 g/mol. The minimum absolute atomic E-state index is 0.00290. The molecule has 24 heavy (non-hydrogen) atoms. The van der Waals surface area contributed by atoms with Crippen molar-refractivity contribution in [1.82, 2.24) is 4.90 Å². The standard InChI is InChI=1S/C14H16F4N2O3S/c1-2-6-19-7-9-20(10-8-19)11-4-3-5-12(13(11)15)23-24(21,22)14(16,17)18/h2-5H,1,6-10H2. The summed E-state index contributed by atoms with van der Waals surface area (Å²) in [6, 6.07) is 3.46. The highest BCUT2D eigenvalue weighted by Crippen LogP contribution is 2.32. The first kappa shape index (κ1) is 18.5. The topological polar surface area (TPSA) is 49.9 Å². The van der Waals surface area contributed by atoms with Crippen LogP contribution in [0.4, 0.5) is 23.2 Å². The molecule has 0 spiro atoms. The fourth-order valence-corrected chi connectivity index (χ4v) is 2.79. The predicted molar refractivity (Wildman–Crippen MR) is 80.9 cm³/mol. The van der Waals surface area contributed by atoms with Gasteiger partial charge in [-0.05, 0) is 12.1 Å². The zero-order valence-electron chi connectivity index (χ0n) is 12.6. The van der Waals surface area contributed by atoms with Crippen molar-refractivity contribution in [3.63, 3.8) is 0 Å². The third kappa shape index (κ3) is 3.99. The van der Waals surface area contributed by atoms with E-state index in [1.807, 2.05) is 0 Å². The lowest BCUT2D eigenvalue weighted by Gasteiger charge is -2.35. The summed E-state index contributed by atoms with van der Waals surface area (Å²) in [6.07, 6.45) is 1.74. The second-order valence-electron chi connectivity index (χ2n) is 5.15. The van der Waals surface area contributed by atoms with Crippen LogP contribution in [0.15, 0.2) is 30.9 Å². The van der Waals surface area contributed by atoms with E-state index in [-0.39, 0.29) is 5.69 Å². The molecule has 1 aromatic carbocycles. The van der Waals surface area contributed by atoms with Crippen LogP contribution < -0.4 is 9.08 Å². The van der Waals surface area contributed by atoms with Crippen molar-refractivity contribution in [3.05, 3.63) is 36.7 Å². The molecule has 1 aromatic rings. The van der Waals surface area contributed by atoms with E-state index < -0.39 is 27.2 Å². The van der Waals surface area contributed by atoms with Crippen LogP contribution >= 0.6 is 0 Å². The summed E-state index contributed by atoms with van der Waals surface area (Å²) in [6.45, 7) is 6.45. The van der Waals surface area contributed by atoms with Crippen molar-refractivity contribution in [3.8, 4) is 5.75 Å². The summed E-state index contributed by atoms with van der Waals surface area (Å²) in [5, 5.41) is 0. The van der Waals surface area contributed by atoms with Crippen molar-refractivity contribution in [2.45, 2.75) is 5.51 Å². The fraction of sp³-hybridized carbons (Fsp3) is 0.429. The Balaban J connectivity index is 2.19. The Bertz CT molecular complexity index is 698. The Morgan fingerprint density at radius 3 is 2.38 bits per heavy atom. The van der Waals surface area contributed by atoms with Gasteiger partial charge in [-0.25, -0.2) is 4.39 Å². The first-order valence-corrected chi connectivity index (χ1v) is 8.44. The van der Waals surface area contributed by atoms with Gasteiger partial charge < -0.3 is 9.08 Å². The van der Waals surface area contributed by atoms with E-state index in [1.54, 1.807) is 11.0 Å². The van der Waals surface area contributed by atoms with Crippen LogP contribution in [-0.4, -0.2) is 51.5 Å². The highest BCUT2D eigenvalue weighted by Gasteiger charge is 2.49. The number of rotatable bonds is 5. The molecule has 1 heterocycles. The van der Waals surface area contributed by atoms with E-state index in [0.717, 1.165) is 6.07 Å². The van der Waals surface area contributed by atoms with Crippen molar-refractivity contribution in [2.75, 3.05) is 37.6 Å². The second kappa shape index (κ2) is 6.98. The Morgan fingerprint density at radius 1 is 1.21 bits per heavy atom. The van der Waals surface area contributed by atoms with Crippen LogP contribution in [0, 0.1) is 5.82 Å². The lowest BCUT2D eigenvalue weighted by atomic mass is 10.2. The number of anilines is 1. The number of alkyl halides is 3. The summed E-state index contributed by atoms with van der Waals surface area (Å²) < 4.78 is 77.5. The molecule has 1 saturated heterocycles. The minimum atomic E-state index is -5.91. The highest BCUT2D eigenvalue weighted by atomic mass is 32.2. The molecule has 134 valence electrons. The van der Waals surface area contributed by atoms with E-state index in [4.69, 9.17) is 0 Å². The van der Waals surface area contributed by atoms with Gasteiger partial charge in [-0.1, -0.05) is 12.1 Å². The molecule has 0 unspecified atom stereocenters. The zero-order valence-corrected chi connectivity index (χ0v) is 13.4. The van der Waals surface area contributed by atoms with Crippen molar-refractivity contribution in [2.24, 2.45) is 0 Å². The maximum Gasteiger partial charge on any atom is 0.534 e. The zero-order chi connectivity index (χ0) is 18.0. The normalized spacial score (nSPS) is 16.9. The Morgan fingerprint density at radius 2 is 1.83 bits per heavy atom. The van der Waals surface area contributed by atoms with Crippen molar-refractivity contribution >= 4 is 15.8 Å². The first-order chi connectivity index (χ1) is 11.2. The number of benzene rings is 1. The van der Waals surface area contributed by atoms with Crippen LogP contribution in [0.2, 0.25) is 0 Å². The van der Waals surface area contributed by atoms with E-state index in [9.17, 15) is 26.0 Å². The van der Waals surface area contributed by atoms with Crippen LogP contribution in [0.25, 0.3) is 0 Å². The van der Waals surface area contributed by atoms with Crippen LogP contribution in [0.1, 0.15) is 0 Å². The lowest BCUT2D eigenvalue weighted by molar-refractivity contribution is -0.0500. The molecule has 1 aliphatic rings. The third-order valence-corrected chi connectivity index (χ3v) is 4.49. The van der Waals surface area contributed by atoms with Gasteiger partial charge in [0.15, 0.2) is 11.6 Å². The molecule has 0 N–H and O–H groups in total. The SMILES string of the molecule is C=CCN1CCN(c2cccc(OS(=O)(=O)C(F)(F)F)c2F)CC1. The largest absolute Gasteiger partial charge is 0.534 e. The average molecular weight is 368 g/mol. The number of hydrogen-bond donors (Lipinski definition) is 0. The van der Waals surface area contributed by atoms with Gasteiger partial charge >= 0.3 is 15.6 Å². The highest BCUT2D eigenvalue weighted by molar-refractivity contribution is 7.88. The molecular formula is C14H16F4N2O3S. The summed E-state index contributed by atoms with van der Waals surface area (Å²) >= 11 is 0. The quantitative estimate of drug-likeness (QED) is 0.346. The van der Waals surface area contributed by atoms with Gasteiger partial charge in [-0.15, -0.1) is 6.58 Å². The smallest absolute Gasteiger partial charge is 0.373 e. The molecule has 0 amide bonds. The van der Waals surface area contributed by atoms with E-state index in [0.29, 0.717) is 32.7 Å². The maximum atomic E-state index is 14.4. The molecule has 5 nitrogen and oxygen atoms in total. The van der Waals surface area contributed by atoms with E-state index in [2.05, 4.69) is 15.7 Å². The molecule has 2 rings (SSSR count). The Kier molecular flexibility index (Phi) is 5.38. The van der Waals surface area contributed by atoms with Gasteiger partial charge in [-0.3, -0.25) is 4.90 Å². The van der Waals surface area contributed by atoms with Gasteiger partial charge in [0, 0.05) is 32.7 Å². The van der Waals surface area contributed by atoms with Crippen LogP contribution in [0.5, 0.6) is 5.75 Å². The van der Waals surface area contributed by atoms with Gasteiger partial charge in [0.1, 0.15) is 0 Å². The summed E-state index contributed by atoms with van der Waals surface area (Å²) in [5.74, 6) is -2.11. The first-order valence-electron chi connectivity index (χ1n) is 7.03. The molecule has 0 bridgehead atoms. The Labute approximate surface area is 137 Å². The van der Waals surface area contributed by atoms with Gasteiger partial charge in [0.2, 0.25) is 0 Å². The molecule has 1 fully saturated rings. The lowest BCUT2D eigenvalue weighted by Crippen LogP contribution is -2.46. The van der Waals surface area contributed by atoms with Gasteiger partial charge in [0.05, 0.1) is 5.69 Å². The molecule has 1 aliphatic heterocycles. The molecule has 0 atom stereocenters. The molecule has 0 aliphatic carbocycles. The molecule has 10 heteroatoms. The number of piperazine rings is 1.